The number of aliphatic carboxylic acids is 1. The minimum absolute atomic E-state index is 0.0903. The van der Waals surface area contributed by atoms with E-state index in [-0.39, 0.29) is 6.42 Å². The highest BCUT2D eigenvalue weighted by Gasteiger charge is 2.29. The van der Waals surface area contributed by atoms with Crippen LogP contribution in [-0.4, -0.2) is 67.0 Å². The van der Waals surface area contributed by atoms with Gasteiger partial charge in [-0.3, -0.25) is 4.79 Å². The topological polar surface area (TPSA) is 90.0 Å². The molecule has 0 amide bonds. The number of carboxylic acid groups (broad SMARTS) is 1. The van der Waals surface area contributed by atoms with Crippen LogP contribution in [0.25, 0.3) is 0 Å². The van der Waals surface area contributed by atoms with Crippen LogP contribution in [0, 0.1) is 0 Å². The van der Waals surface area contributed by atoms with Gasteiger partial charge in [-0.2, -0.15) is 17.4 Å². The summed E-state index contributed by atoms with van der Waals surface area (Å²) in [5.74, 6) is -0.829. The van der Waals surface area contributed by atoms with Crippen molar-refractivity contribution < 1.29 is 18.3 Å². The Balaban J connectivity index is 2.47. The summed E-state index contributed by atoms with van der Waals surface area (Å²) < 4.78 is 28.2. The number of carboxylic acids is 1. The normalized spacial score (nSPS) is 19.5. The molecular formula is C11H23N3O4S. The van der Waals surface area contributed by atoms with Gasteiger partial charge in [-0.05, 0) is 20.8 Å². The highest BCUT2D eigenvalue weighted by atomic mass is 32.2. The molecule has 1 rings (SSSR count). The third-order valence-electron chi connectivity index (χ3n) is 2.75. The maximum absolute atomic E-state index is 12.1. The van der Waals surface area contributed by atoms with Crippen LogP contribution >= 0.6 is 0 Å². The van der Waals surface area contributed by atoms with E-state index in [0.29, 0.717) is 32.7 Å². The second-order valence-corrected chi connectivity index (χ2v) is 7.41. The van der Waals surface area contributed by atoms with Crippen molar-refractivity contribution in [3.05, 3.63) is 0 Å². The fourth-order valence-electron chi connectivity index (χ4n) is 1.90. The molecule has 0 unspecified atom stereocenters. The lowest BCUT2D eigenvalue weighted by Gasteiger charge is -2.35. The third-order valence-corrected chi connectivity index (χ3v) is 4.66. The molecule has 1 aliphatic rings. The van der Waals surface area contributed by atoms with Gasteiger partial charge < -0.3 is 10.0 Å². The predicted molar refractivity (Wildman–Crippen MR) is 72.1 cm³/mol. The minimum atomic E-state index is -3.46. The van der Waals surface area contributed by atoms with Gasteiger partial charge >= 0.3 is 5.97 Å². The van der Waals surface area contributed by atoms with Gasteiger partial charge in [0.05, 0.1) is 6.42 Å². The summed E-state index contributed by atoms with van der Waals surface area (Å²) in [6, 6.07) is 0. The highest BCUT2D eigenvalue weighted by molar-refractivity contribution is 7.87. The molecule has 1 aliphatic heterocycles. The Morgan fingerprint density at radius 2 is 1.74 bits per heavy atom. The van der Waals surface area contributed by atoms with Gasteiger partial charge in [0.2, 0.25) is 0 Å². The molecule has 0 aromatic heterocycles. The molecule has 1 heterocycles. The van der Waals surface area contributed by atoms with E-state index in [1.165, 1.54) is 4.31 Å². The van der Waals surface area contributed by atoms with Gasteiger partial charge in [-0.15, -0.1) is 0 Å². The van der Waals surface area contributed by atoms with Crippen LogP contribution in [0.1, 0.15) is 27.2 Å². The second kappa shape index (κ2) is 6.17. The molecule has 0 aliphatic carbocycles. The fourth-order valence-corrected chi connectivity index (χ4v) is 3.45. The predicted octanol–water partition coefficient (Wildman–Crippen LogP) is -0.288. The molecule has 0 aromatic carbocycles. The van der Waals surface area contributed by atoms with Crippen molar-refractivity contribution in [3.63, 3.8) is 0 Å². The first-order chi connectivity index (χ1) is 8.60. The number of nitrogens with zero attached hydrogens (tertiary/aromatic N) is 2. The molecule has 0 aromatic rings. The lowest BCUT2D eigenvalue weighted by molar-refractivity contribution is -0.137. The van der Waals surface area contributed by atoms with Crippen LogP contribution in [0.5, 0.6) is 0 Å². The van der Waals surface area contributed by atoms with Gasteiger partial charge in [-0.1, -0.05) is 0 Å². The van der Waals surface area contributed by atoms with Crippen LogP contribution in [0.3, 0.4) is 0 Å². The highest BCUT2D eigenvalue weighted by Crippen LogP contribution is 2.10. The molecule has 8 heteroatoms. The fraction of sp³-hybridized carbons (Fsp3) is 0.909. The van der Waals surface area contributed by atoms with Gasteiger partial charge in [0.15, 0.2) is 0 Å². The largest absolute Gasteiger partial charge is 0.481 e. The number of hydrogen-bond acceptors (Lipinski definition) is 4. The monoisotopic (exact) mass is 293 g/mol. The SMILES string of the molecule is CC(C)(C)NS(=O)(=O)N1CCN(CCC(=O)O)CC1. The van der Waals surface area contributed by atoms with Crippen molar-refractivity contribution in [2.45, 2.75) is 32.7 Å². The van der Waals surface area contributed by atoms with Crippen molar-refractivity contribution in [2.24, 2.45) is 0 Å². The Labute approximate surface area is 114 Å². The van der Waals surface area contributed by atoms with E-state index >= 15 is 0 Å². The first-order valence-corrected chi connectivity index (χ1v) is 7.77. The van der Waals surface area contributed by atoms with Crippen molar-refractivity contribution in [1.29, 1.82) is 0 Å². The van der Waals surface area contributed by atoms with Gasteiger partial charge in [0.25, 0.3) is 10.2 Å². The Kier molecular flexibility index (Phi) is 5.31. The summed E-state index contributed by atoms with van der Waals surface area (Å²) in [6.45, 7) is 7.79. The van der Waals surface area contributed by atoms with Crippen LogP contribution in [-0.2, 0) is 15.0 Å². The number of nitrogens with one attached hydrogen (secondary N) is 1. The quantitative estimate of drug-likeness (QED) is 0.727. The van der Waals surface area contributed by atoms with Crippen molar-refractivity contribution in [3.8, 4) is 0 Å². The third kappa shape index (κ3) is 5.85. The molecule has 0 atom stereocenters. The van der Waals surface area contributed by atoms with Crippen LogP contribution in [0.4, 0.5) is 0 Å². The Hall–Kier alpha value is -0.700. The lowest BCUT2D eigenvalue weighted by atomic mass is 10.1. The number of carbonyl (C=O) groups is 1. The molecule has 1 saturated heterocycles. The molecule has 112 valence electrons. The molecule has 0 spiro atoms. The summed E-state index contributed by atoms with van der Waals surface area (Å²) in [4.78, 5) is 12.4. The van der Waals surface area contributed by atoms with Crippen molar-refractivity contribution >= 4 is 16.2 Å². The van der Waals surface area contributed by atoms with Gasteiger partial charge in [-0.25, -0.2) is 0 Å². The van der Waals surface area contributed by atoms with Crippen LogP contribution in [0.2, 0.25) is 0 Å². The Morgan fingerprint density at radius 1 is 1.21 bits per heavy atom. The van der Waals surface area contributed by atoms with Crippen LogP contribution in [0.15, 0.2) is 0 Å². The van der Waals surface area contributed by atoms with E-state index in [1.54, 1.807) is 20.8 Å². The zero-order valence-corrected chi connectivity index (χ0v) is 12.5. The maximum Gasteiger partial charge on any atom is 0.304 e. The van der Waals surface area contributed by atoms with Crippen LogP contribution < -0.4 is 4.72 Å². The van der Waals surface area contributed by atoms with Crippen molar-refractivity contribution in [1.82, 2.24) is 13.9 Å². The summed E-state index contributed by atoms with van der Waals surface area (Å²) >= 11 is 0. The van der Waals surface area contributed by atoms with Gasteiger partial charge in [0.1, 0.15) is 0 Å². The van der Waals surface area contributed by atoms with E-state index in [1.807, 2.05) is 4.90 Å². The molecule has 1 fully saturated rings. The zero-order chi connectivity index (χ0) is 14.7. The average molecular weight is 293 g/mol. The summed E-state index contributed by atoms with van der Waals surface area (Å²) in [5.41, 5.74) is -0.501. The second-order valence-electron chi connectivity index (χ2n) is 5.74. The smallest absolute Gasteiger partial charge is 0.304 e. The molecule has 7 nitrogen and oxygen atoms in total. The average Bonchev–Trinajstić information content (AvgIpc) is 2.23. The van der Waals surface area contributed by atoms with Crippen molar-refractivity contribution in [2.75, 3.05) is 32.7 Å². The summed E-state index contributed by atoms with van der Waals surface area (Å²) in [5, 5.41) is 8.61. The van der Waals surface area contributed by atoms with E-state index < -0.39 is 21.7 Å². The zero-order valence-electron chi connectivity index (χ0n) is 11.7. The maximum atomic E-state index is 12.1. The Morgan fingerprint density at radius 3 is 2.16 bits per heavy atom. The summed E-state index contributed by atoms with van der Waals surface area (Å²) in [7, 11) is -3.46. The molecule has 19 heavy (non-hydrogen) atoms. The molecule has 0 radical (unpaired) electrons. The van der Waals surface area contributed by atoms with E-state index in [0.717, 1.165) is 0 Å². The standard InChI is InChI=1S/C11H23N3O4S/c1-11(2,3)12-19(17,18)14-8-6-13(7-9-14)5-4-10(15)16/h12H,4-9H2,1-3H3,(H,15,16). The van der Waals surface area contributed by atoms with E-state index in [2.05, 4.69) is 4.72 Å². The number of piperazine rings is 1. The number of hydrogen-bond donors (Lipinski definition) is 2. The van der Waals surface area contributed by atoms with Gasteiger partial charge in [0, 0.05) is 38.3 Å². The van der Waals surface area contributed by atoms with E-state index in [4.69, 9.17) is 5.11 Å². The van der Waals surface area contributed by atoms with E-state index in [9.17, 15) is 13.2 Å². The first-order valence-electron chi connectivity index (χ1n) is 6.33. The minimum Gasteiger partial charge on any atom is -0.481 e. The molecule has 0 bridgehead atoms. The lowest BCUT2D eigenvalue weighted by Crippen LogP contribution is -2.55. The Bertz CT molecular complexity index is 408. The molecule has 0 saturated carbocycles. The number of rotatable bonds is 5. The summed E-state index contributed by atoms with van der Waals surface area (Å²) in [6.07, 6.45) is 0.0903. The first kappa shape index (κ1) is 16.4. The molecular weight excluding hydrogens is 270 g/mol. The molecule has 2 N–H and O–H groups in total.